The van der Waals surface area contributed by atoms with Crippen LogP contribution in [0.5, 0.6) is 0 Å². The fraction of sp³-hybridized carbons (Fsp3) is 0.200. The Morgan fingerprint density at radius 3 is 2.28 bits per heavy atom. The second-order valence-corrected chi connectivity index (χ2v) is 5.21. The van der Waals surface area contributed by atoms with E-state index in [0.717, 1.165) is 17.3 Å². The molecule has 2 rings (SSSR count). The fourth-order valence-corrected chi connectivity index (χ4v) is 2.26. The molecule has 1 unspecified atom stereocenters. The predicted octanol–water partition coefficient (Wildman–Crippen LogP) is 3.59. The van der Waals surface area contributed by atoms with Crippen LogP contribution in [0.1, 0.15) is 23.6 Å². The standard InChI is InChI=1S/C15H17BrN2/c16-14-9-7-13(8-10-14)15(18-17)11-6-12-4-2-1-3-5-12/h1-5,7-10,15,18H,6,11,17H2. The molecule has 2 nitrogen and oxygen atoms in total. The summed E-state index contributed by atoms with van der Waals surface area (Å²) < 4.78 is 1.09. The van der Waals surface area contributed by atoms with Crippen LogP contribution in [-0.4, -0.2) is 0 Å². The average Bonchev–Trinajstić information content (AvgIpc) is 2.42. The van der Waals surface area contributed by atoms with Crippen molar-refractivity contribution in [1.29, 1.82) is 0 Å². The van der Waals surface area contributed by atoms with Gasteiger partial charge in [-0.05, 0) is 36.1 Å². The molecule has 0 aliphatic carbocycles. The van der Waals surface area contributed by atoms with Gasteiger partial charge >= 0.3 is 0 Å². The number of rotatable bonds is 5. The molecule has 3 heteroatoms. The molecule has 0 fully saturated rings. The van der Waals surface area contributed by atoms with E-state index < -0.39 is 0 Å². The zero-order valence-electron chi connectivity index (χ0n) is 10.1. The van der Waals surface area contributed by atoms with Gasteiger partial charge in [-0.15, -0.1) is 0 Å². The van der Waals surface area contributed by atoms with Crippen molar-refractivity contribution in [1.82, 2.24) is 5.43 Å². The monoisotopic (exact) mass is 304 g/mol. The number of hydrazine groups is 1. The fourth-order valence-electron chi connectivity index (χ4n) is 2.00. The van der Waals surface area contributed by atoms with E-state index in [1.165, 1.54) is 11.1 Å². The Bertz CT molecular complexity index is 468. The van der Waals surface area contributed by atoms with Gasteiger partial charge in [0.2, 0.25) is 0 Å². The zero-order chi connectivity index (χ0) is 12.8. The molecule has 0 heterocycles. The highest BCUT2D eigenvalue weighted by Gasteiger charge is 2.09. The number of hydrogen-bond donors (Lipinski definition) is 2. The van der Waals surface area contributed by atoms with Crippen molar-refractivity contribution in [3.8, 4) is 0 Å². The quantitative estimate of drug-likeness (QED) is 0.654. The molecule has 0 aliphatic rings. The molecular formula is C15H17BrN2. The molecule has 94 valence electrons. The highest BCUT2D eigenvalue weighted by atomic mass is 79.9. The molecule has 18 heavy (non-hydrogen) atoms. The lowest BCUT2D eigenvalue weighted by atomic mass is 10.00. The Balaban J connectivity index is 1.99. The van der Waals surface area contributed by atoms with Crippen LogP contribution in [0.4, 0.5) is 0 Å². The summed E-state index contributed by atoms with van der Waals surface area (Å²) in [5, 5.41) is 0. The summed E-state index contributed by atoms with van der Waals surface area (Å²) in [7, 11) is 0. The smallest absolute Gasteiger partial charge is 0.0463 e. The van der Waals surface area contributed by atoms with Gasteiger partial charge in [0.05, 0.1) is 0 Å². The van der Waals surface area contributed by atoms with Crippen LogP contribution in [0.2, 0.25) is 0 Å². The van der Waals surface area contributed by atoms with Gasteiger partial charge in [-0.25, -0.2) is 0 Å². The number of nitrogens with two attached hydrogens (primary N) is 1. The van der Waals surface area contributed by atoms with E-state index in [1.807, 2.05) is 18.2 Å². The second kappa shape index (κ2) is 6.69. The van der Waals surface area contributed by atoms with Gasteiger partial charge in [0, 0.05) is 10.5 Å². The molecular weight excluding hydrogens is 288 g/mol. The van der Waals surface area contributed by atoms with Gasteiger partial charge < -0.3 is 0 Å². The SMILES string of the molecule is NNC(CCc1ccccc1)c1ccc(Br)cc1. The normalized spacial score (nSPS) is 12.3. The highest BCUT2D eigenvalue weighted by Crippen LogP contribution is 2.20. The number of hydrogen-bond acceptors (Lipinski definition) is 2. The van der Waals surface area contributed by atoms with Crippen molar-refractivity contribution in [2.45, 2.75) is 18.9 Å². The van der Waals surface area contributed by atoms with Crippen molar-refractivity contribution in [3.05, 3.63) is 70.2 Å². The summed E-state index contributed by atoms with van der Waals surface area (Å²) in [5.41, 5.74) is 5.45. The first-order valence-electron chi connectivity index (χ1n) is 6.05. The predicted molar refractivity (Wildman–Crippen MR) is 79.0 cm³/mol. The molecule has 3 N–H and O–H groups in total. The first-order valence-corrected chi connectivity index (χ1v) is 6.84. The summed E-state index contributed by atoms with van der Waals surface area (Å²) in [4.78, 5) is 0. The van der Waals surface area contributed by atoms with E-state index in [2.05, 4.69) is 57.8 Å². The van der Waals surface area contributed by atoms with Crippen LogP contribution in [-0.2, 0) is 6.42 Å². The molecule has 2 aromatic carbocycles. The van der Waals surface area contributed by atoms with Gasteiger partial charge in [0.15, 0.2) is 0 Å². The lowest BCUT2D eigenvalue weighted by Gasteiger charge is -2.16. The lowest BCUT2D eigenvalue weighted by molar-refractivity contribution is 0.516. The van der Waals surface area contributed by atoms with Gasteiger partial charge in [0.25, 0.3) is 0 Å². The van der Waals surface area contributed by atoms with Gasteiger partial charge in [0.1, 0.15) is 0 Å². The Labute approximate surface area is 116 Å². The van der Waals surface area contributed by atoms with Crippen molar-refractivity contribution >= 4 is 15.9 Å². The van der Waals surface area contributed by atoms with E-state index in [1.54, 1.807) is 0 Å². The molecule has 0 saturated carbocycles. The first kappa shape index (κ1) is 13.3. The van der Waals surface area contributed by atoms with Crippen LogP contribution in [0, 0.1) is 0 Å². The molecule has 2 aromatic rings. The maximum Gasteiger partial charge on any atom is 0.0463 e. The number of halogens is 1. The van der Waals surface area contributed by atoms with Crippen LogP contribution in [0.25, 0.3) is 0 Å². The second-order valence-electron chi connectivity index (χ2n) is 4.30. The Hall–Kier alpha value is -1.16. The molecule has 0 aromatic heterocycles. The molecule has 0 amide bonds. The van der Waals surface area contributed by atoms with Crippen molar-refractivity contribution in [2.24, 2.45) is 5.84 Å². The zero-order valence-corrected chi connectivity index (χ0v) is 11.7. The molecule has 1 atom stereocenters. The molecule has 0 spiro atoms. The van der Waals surface area contributed by atoms with Crippen LogP contribution in [0.3, 0.4) is 0 Å². The van der Waals surface area contributed by atoms with E-state index in [0.29, 0.717) is 0 Å². The van der Waals surface area contributed by atoms with E-state index in [9.17, 15) is 0 Å². The molecule has 0 aliphatic heterocycles. The topological polar surface area (TPSA) is 38.0 Å². The summed E-state index contributed by atoms with van der Waals surface area (Å²) in [6.07, 6.45) is 2.01. The Morgan fingerprint density at radius 2 is 1.67 bits per heavy atom. The minimum Gasteiger partial charge on any atom is -0.271 e. The van der Waals surface area contributed by atoms with Crippen molar-refractivity contribution in [3.63, 3.8) is 0 Å². The van der Waals surface area contributed by atoms with Crippen LogP contribution in [0.15, 0.2) is 59.1 Å². The Morgan fingerprint density at radius 1 is 1.00 bits per heavy atom. The third-order valence-electron chi connectivity index (χ3n) is 3.04. The maximum atomic E-state index is 5.65. The summed E-state index contributed by atoms with van der Waals surface area (Å²) in [6, 6.07) is 18.9. The van der Waals surface area contributed by atoms with E-state index in [-0.39, 0.29) is 6.04 Å². The van der Waals surface area contributed by atoms with E-state index in [4.69, 9.17) is 5.84 Å². The number of aryl methyl sites for hydroxylation is 1. The molecule has 0 bridgehead atoms. The van der Waals surface area contributed by atoms with Gasteiger partial charge in [-0.2, -0.15) is 0 Å². The molecule has 0 radical (unpaired) electrons. The Kier molecular flexibility index (Phi) is 4.93. The van der Waals surface area contributed by atoms with Crippen molar-refractivity contribution < 1.29 is 0 Å². The number of nitrogens with one attached hydrogen (secondary N) is 1. The van der Waals surface area contributed by atoms with Gasteiger partial charge in [-0.3, -0.25) is 11.3 Å². The maximum absolute atomic E-state index is 5.65. The highest BCUT2D eigenvalue weighted by molar-refractivity contribution is 9.10. The summed E-state index contributed by atoms with van der Waals surface area (Å²) >= 11 is 3.44. The minimum absolute atomic E-state index is 0.193. The minimum atomic E-state index is 0.193. The molecule has 0 saturated heterocycles. The van der Waals surface area contributed by atoms with Crippen LogP contribution < -0.4 is 11.3 Å². The average molecular weight is 305 g/mol. The number of benzene rings is 2. The summed E-state index contributed by atoms with van der Waals surface area (Å²) in [5.74, 6) is 5.65. The van der Waals surface area contributed by atoms with Crippen molar-refractivity contribution in [2.75, 3.05) is 0 Å². The lowest BCUT2D eigenvalue weighted by Crippen LogP contribution is -2.28. The summed E-state index contributed by atoms with van der Waals surface area (Å²) in [6.45, 7) is 0. The van der Waals surface area contributed by atoms with Gasteiger partial charge in [-0.1, -0.05) is 58.4 Å². The van der Waals surface area contributed by atoms with E-state index >= 15 is 0 Å². The third kappa shape index (κ3) is 3.67. The third-order valence-corrected chi connectivity index (χ3v) is 3.57. The van der Waals surface area contributed by atoms with Crippen LogP contribution >= 0.6 is 15.9 Å². The first-order chi connectivity index (χ1) is 8.79. The largest absolute Gasteiger partial charge is 0.271 e.